The average molecular weight is 340 g/mol. The summed E-state index contributed by atoms with van der Waals surface area (Å²) in [6.45, 7) is 0.520. The van der Waals surface area contributed by atoms with Crippen molar-refractivity contribution in [3.63, 3.8) is 0 Å². The summed E-state index contributed by atoms with van der Waals surface area (Å²) in [6, 6.07) is 5.37. The zero-order chi connectivity index (χ0) is 14.9. The molecular weight excluding hydrogens is 328 g/mol. The maximum atomic E-state index is 11.7. The van der Waals surface area contributed by atoms with Crippen molar-refractivity contribution in [3.8, 4) is 0 Å². The fraction of sp³-hybridized carbons (Fsp3) is 0.167. The smallest absolute Gasteiger partial charge is 0.249 e. The Morgan fingerprint density at radius 1 is 1.24 bits per heavy atom. The first-order chi connectivity index (χ1) is 10.1. The van der Waals surface area contributed by atoms with Crippen molar-refractivity contribution in [2.24, 2.45) is 0 Å². The highest BCUT2D eigenvalue weighted by atomic mass is 32.2. The van der Waals surface area contributed by atoms with E-state index < -0.39 is 10.0 Å². The average Bonchev–Trinajstić information content (AvgIpc) is 3.14. The Balaban J connectivity index is 1.78. The third-order valence-corrected chi connectivity index (χ3v) is 6.67. The molecule has 0 saturated carbocycles. The van der Waals surface area contributed by atoms with Gasteiger partial charge in [-0.1, -0.05) is 0 Å². The molecule has 9 heteroatoms. The second-order valence-electron chi connectivity index (χ2n) is 4.14. The van der Waals surface area contributed by atoms with Crippen molar-refractivity contribution in [2.75, 3.05) is 12.4 Å². The first-order valence-corrected chi connectivity index (χ1v) is 9.22. The number of hydrogen-bond acceptors (Lipinski definition) is 7. The lowest BCUT2D eigenvalue weighted by molar-refractivity contribution is 0.590. The Morgan fingerprint density at radius 2 is 2.10 bits per heavy atom. The van der Waals surface area contributed by atoms with Crippen LogP contribution in [0.2, 0.25) is 0 Å². The molecule has 0 bridgehead atoms. The highest BCUT2D eigenvalue weighted by Gasteiger charge is 2.14. The number of hydrogen-bond donors (Lipinski definition) is 2. The molecule has 3 heterocycles. The van der Waals surface area contributed by atoms with Gasteiger partial charge in [0, 0.05) is 4.88 Å². The van der Waals surface area contributed by atoms with E-state index in [1.54, 1.807) is 23.5 Å². The lowest BCUT2D eigenvalue weighted by atomic mass is 10.3. The lowest BCUT2D eigenvalue weighted by Gasteiger charge is -2.04. The van der Waals surface area contributed by atoms with Gasteiger partial charge in [-0.25, -0.2) is 23.1 Å². The van der Waals surface area contributed by atoms with E-state index in [9.17, 15) is 8.42 Å². The third kappa shape index (κ3) is 2.91. The SMILES string of the molecule is CNS(=O)(=O)c1ccc(CNc2ncnc3sccc23)s1. The summed E-state index contributed by atoms with van der Waals surface area (Å²) in [7, 11) is -1.97. The number of thiophene rings is 2. The lowest BCUT2D eigenvalue weighted by Crippen LogP contribution is -2.17. The van der Waals surface area contributed by atoms with E-state index >= 15 is 0 Å². The van der Waals surface area contributed by atoms with Crippen LogP contribution in [-0.4, -0.2) is 25.4 Å². The zero-order valence-corrected chi connectivity index (χ0v) is 13.5. The number of sulfonamides is 1. The van der Waals surface area contributed by atoms with Crippen LogP contribution in [-0.2, 0) is 16.6 Å². The number of aromatic nitrogens is 2. The topological polar surface area (TPSA) is 84.0 Å². The van der Waals surface area contributed by atoms with Gasteiger partial charge in [-0.3, -0.25) is 0 Å². The molecule has 0 spiro atoms. The molecule has 0 aliphatic rings. The van der Waals surface area contributed by atoms with Crippen molar-refractivity contribution in [1.82, 2.24) is 14.7 Å². The molecule has 0 saturated heterocycles. The molecule has 2 N–H and O–H groups in total. The van der Waals surface area contributed by atoms with E-state index in [1.807, 2.05) is 11.4 Å². The van der Waals surface area contributed by atoms with E-state index in [2.05, 4.69) is 20.0 Å². The van der Waals surface area contributed by atoms with Crippen LogP contribution in [0.3, 0.4) is 0 Å². The molecule has 110 valence electrons. The number of nitrogens with one attached hydrogen (secondary N) is 2. The molecular formula is C12H12N4O2S3. The molecule has 0 fully saturated rings. The summed E-state index contributed by atoms with van der Waals surface area (Å²) in [4.78, 5) is 10.3. The minimum Gasteiger partial charge on any atom is -0.365 e. The van der Waals surface area contributed by atoms with Gasteiger partial charge in [0.2, 0.25) is 10.0 Å². The Bertz CT molecular complexity index is 869. The summed E-state index contributed by atoms with van der Waals surface area (Å²) in [5.74, 6) is 0.757. The molecule has 0 aliphatic carbocycles. The zero-order valence-electron chi connectivity index (χ0n) is 11.0. The standard InChI is InChI=1S/C12H12N4O2S3/c1-13-21(17,18)10-3-2-8(20-10)6-14-11-9-4-5-19-12(9)16-7-15-11/h2-5,7,13H,6H2,1H3,(H,14,15,16). The Morgan fingerprint density at radius 3 is 2.90 bits per heavy atom. The molecule has 3 rings (SSSR count). The van der Waals surface area contributed by atoms with Crippen molar-refractivity contribution in [2.45, 2.75) is 10.8 Å². The molecule has 6 nitrogen and oxygen atoms in total. The predicted molar refractivity (Wildman–Crippen MR) is 85.3 cm³/mol. The highest BCUT2D eigenvalue weighted by molar-refractivity contribution is 7.91. The predicted octanol–water partition coefficient (Wildman–Crippen LogP) is 2.27. The molecule has 3 aromatic rings. The maximum absolute atomic E-state index is 11.7. The normalized spacial score (nSPS) is 11.9. The van der Waals surface area contributed by atoms with Gasteiger partial charge in [0.05, 0.1) is 11.9 Å². The fourth-order valence-corrected chi connectivity index (χ4v) is 4.67. The number of fused-ring (bicyclic) bond motifs is 1. The minimum atomic E-state index is -3.37. The molecule has 0 unspecified atom stereocenters. The third-order valence-electron chi connectivity index (χ3n) is 2.86. The van der Waals surface area contributed by atoms with Gasteiger partial charge in [-0.15, -0.1) is 22.7 Å². The molecule has 0 atom stereocenters. The maximum Gasteiger partial charge on any atom is 0.249 e. The summed E-state index contributed by atoms with van der Waals surface area (Å²) in [5.41, 5.74) is 0. The van der Waals surface area contributed by atoms with Gasteiger partial charge in [0.25, 0.3) is 0 Å². The van der Waals surface area contributed by atoms with Gasteiger partial charge in [0.1, 0.15) is 21.2 Å². The van der Waals surface area contributed by atoms with Gasteiger partial charge in [0.15, 0.2) is 0 Å². The Hall–Kier alpha value is -1.55. The molecule has 21 heavy (non-hydrogen) atoms. The summed E-state index contributed by atoms with van der Waals surface area (Å²) in [6.07, 6.45) is 1.52. The van der Waals surface area contributed by atoms with Crippen LogP contribution in [0.1, 0.15) is 4.88 Å². The second-order valence-corrected chi connectivity index (χ2v) is 8.32. The second kappa shape index (κ2) is 5.68. The Labute approximate surface area is 129 Å². The largest absolute Gasteiger partial charge is 0.365 e. The monoisotopic (exact) mass is 340 g/mol. The van der Waals surface area contributed by atoms with Crippen LogP contribution in [0.4, 0.5) is 5.82 Å². The van der Waals surface area contributed by atoms with Gasteiger partial charge >= 0.3 is 0 Å². The first-order valence-electron chi connectivity index (χ1n) is 6.04. The molecule has 3 aromatic heterocycles. The van der Waals surface area contributed by atoms with Crippen molar-refractivity contribution in [3.05, 3.63) is 34.8 Å². The number of rotatable bonds is 5. The summed E-state index contributed by atoms with van der Waals surface area (Å²) >= 11 is 2.79. The van der Waals surface area contributed by atoms with Gasteiger partial charge in [-0.2, -0.15) is 0 Å². The van der Waals surface area contributed by atoms with Crippen molar-refractivity contribution >= 4 is 48.7 Å². The number of anilines is 1. The van der Waals surface area contributed by atoms with Gasteiger partial charge < -0.3 is 5.32 Å². The molecule has 0 radical (unpaired) electrons. The quantitative estimate of drug-likeness (QED) is 0.744. The fourth-order valence-electron chi connectivity index (χ4n) is 1.80. The van der Waals surface area contributed by atoms with Crippen LogP contribution in [0.15, 0.2) is 34.1 Å². The highest BCUT2D eigenvalue weighted by Crippen LogP contribution is 2.26. The Kier molecular flexibility index (Phi) is 3.89. The molecule has 0 amide bonds. The van der Waals surface area contributed by atoms with Crippen LogP contribution in [0, 0.1) is 0 Å². The van der Waals surface area contributed by atoms with Crippen LogP contribution in [0.25, 0.3) is 10.2 Å². The van der Waals surface area contributed by atoms with E-state index in [1.165, 1.54) is 24.7 Å². The van der Waals surface area contributed by atoms with Crippen molar-refractivity contribution < 1.29 is 8.42 Å². The van der Waals surface area contributed by atoms with Crippen LogP contribution >= 0.6 is 22.7 Å². The van der Waals surface area contributed by atoms with Crippen LogP contribution in [0.5, 0.6) is 0 Å². The van der Waals surface area contributed by atoms with Crippen molar-refractivity contribution in [1.29, 1.82) is 0 Å². The summed E-state index contributed by atoms with van der Waals surface area (Å²) in [5, 5.41) is 6.16. The van der Waals surface area contributed by atoms with E-state index in [4.69, 9.17) is 0 Å². The van der Waals surface area contributed by atoms with Gasteiger partial charge in [-0.05, 0) is 30.6 Å². The number of nitrogens with zero attached hydrogens (tertiary/aromatic N) is 2. The molecule has 0 aliphatic heterocycles. The summed E-state index contributed by atoms with van der Waals surface area (Å²) < 4.78 is 26.0. The van der Waals surface area contributed by atoms with E-state index in [-0.39, 0.29) is 0 Å². The minimum absolute atomic E-state index is 0.310. The van der Waals surface area contributed by atoms with Crippen LogP contribution < -0.4 is 10.0 Å². The first kappa shape index (κ1) is 14.4. The van der Waals surface area contributed by atoms with E-state index in [0.29, 0.717) is 10.8 Å². The van der Waals surface area contributed by atoms with E-state index in [0.717, 1.165) is 20.9 Å². The molecule has 0 aromatic carbocycles.